The maximum absolute atomic E-state index is 12.3. The van der Waals surface area contributed by atoms with Gasteiger partial charge in [-0.15, -0.1) is 0 Å². The van der Waals surface area contributed by atoms with Crippen LogP contribution in [0.5, 0.6) is 5.75 Å². The van der Waals surface area contributed by atoms with Crippen LogP contribution in [0.4, 0.5) is 8.78 Å². The van der Waals surface area contributed by atoms with Gasteiger partial charge in [-0.05, 0) is 98.1 Å². The van der Waals surface area contributed by atoms with E-state index in [1.54, 1.807) is 12.1 Å². The zero-order valence-electron chi connectivity index (χ0n) is 16.6. The number of fused-ring (bicyclic) bond motifs is 3. The molecule has 3 heteroatoms. The topological polar surface area (TPSA) is 9.23 Å². The van der Waals surface area contributed by atoms with E-state index in [-0.39, 0.29) is 5.75 Å². The highest BCUT2D eigenvalue weighted by atomic mass is 19.3. The molecular weight excluding hydrogens is 342 g/mol. The normalized spacial score (nSPS) is 36.1. The van der Waals surface area contributed by atoms with E-state index in [1.807, 2.05) is 12.1 Å². The zero-order chi connectivity index (χ0) is 18.8. The van der Waals surface area contributed by atoms with E-state index in [4.69, 9.17) is 0 Å². The molecule has 6 unspecified atom stereocenters. The van der Waals surface area contributed by atoms with Crippen LogP contribution in [0.1, 0.15) is 82.6 Å². The molecule has 0 heterocycles. The highest BCUT2D eigenvalue weighted by molar-refractivity contribution is 5.30. The lowest BCUT2D eigenvalue weighted by atomic mass is 9.55. The van der Waals surface area contributed by atoms with Crippen molar-refractivity contribution in [2.24, 2.45) is 29.6 Å². The molecule has 0 aliphatic heterocycles. The fraction of sp³-hybridized carbons (Fsp3) is 0.750. The standard InChI is InChI=1S/C24H34F2O/c1-2-3-16-4-12-22-19(14-16)5-6-20-15-18(9-13-23(20)22)17-7-10-21(11-8-17)27-24(25)26/h7-8,10-11,16,18-20,22-24H,2-6,9,12-15H2,1H3. The Bertz CT molecular complexity index is 599. The van der Waals surface area contributed by atoms with Gasteiger partial charge in [-0.25, -0.2) is 0 Å². The molecule has 3 fully saturated rings. The Labute approximate surface area is 162 Å². The second-order valence-electron chi connectivity index (χ2n) is 9.35. The van der Waals surface area contributed by atoms with E-state index in [1.165, 1.54) is 69.8 Å². The summed E-state index contributed by atoms with van der Waals surface area (Å²) < 4.78 is 29.2. The first-order valence-corrected chi connectivity index (χ1v) is 11.2. The lowest BCUT2D eigenvalue weighted by Gasteiger charge is -2.51. The first-order valence-electron chi connectivity index (χ1n) is 11.2. The number of hydrogen-bond donors (Lipinski definition) is 0. The average Bonchev–Trinajstić information content (AvgIpc) is 2.67. The quantitative estimate of drug-likeness (QED) is 0.520. The Morgan fingerprint density at radius 3 is 2.22 bits per heavy atom. The minimum absolute atomic E-state index is 0.270. The van der Waals surface area contributed by atoms with Crippen molar-refractivity contribution in [1.29, 1.82) is 0 Å². The van der Waals surface area contributed by atoms with Crippen molar-refractivity contribution in [2.75, 3.05) is 0 Å². The van der Waals surface area contributed by atoms with Crippen LogP contribution in [0.15, 0.2) is 24.3 Å². The van der Waals surface area contributed by atoms with Gasteiger partial charge in [0, 0.05) is 0 Å². The summed E-state index contributed by atoms with van der Waals surface area (Å²) >= 11 is 0. The molecule has 0 N–H and O–H groups in total. The zero-order valence-corrected chi connectivity index (χ0v) is 16.6. The van der Waals surface area contributed by atoms with Gasteiger partial charge >= 0.3 is 6.61 Å². The Kier molecular flexibility index (Phi) is 6.04. The minimum atomic E-state index is -2.74. The summed E-state index contributed by atoms with van der Waals surface area (Å²) in [4.78, 5) is 0. The maximum atomic E-state index is 12.3. The van der Waals surface area contributed by atoms with Crippen molar-refractivity contribution in [3.05, 3.63) is 29.8 Å². The number of benzene rings is 1. The van der Waals surface area contributed by atoms with E-state index in [0.717, 1.165) is 29.6 Å². The summed E-state index contributed by atoms with van der Waals surface area (Å²) in [5.74, 6) is 5.68. The summed E-state index contributed by atoms with van der Waals surface area (Å²) in [6, 6.07) is 7.42. The van der Waals surface area contributed by atoms with Gasteiger partial charge in [0.15, 0.2) is 0 Å². The van der Waals surface area contributed by atoms with Crippen molar-refractivity contribution < 1.29 is 13.5 Å². The van der Waals surface area contributed by atoms with Crippen molar-refractivity contribution >= 4 is 0 Å². The van der Waals surface area contributed by atoms with Crippen molar-refractivity contribution in [2.45, 2.75) is 83.7 Å². The number of hydrogen-bond acceptors (Lipinski definition) is 1. The van der Waals surface area contributed by atoms with Crippen LogP contribution in [0, 0.1) is 29.6 Å². The Morgan fingerprint density at radius 1 is 0.889 bits per heavy atom. The molecule has 0 spiro atoms. The smallest absolute Gasteiger partial charge is 0.387 e. The lowest BCUT2D eigenvalue weighted by Crippen LogP contribution is -2.41. The molecule has 0 saturated heterocycles. The van der Waals surface area contributed by atoms with Gasteiger partial charge < -0.3 is 4.74 Å². The predicted molar refractivity (Wildman–Crippen MR) is 105 cm³/mol. The number of rotatable bonds is 5. The monoisotopic (exact) mass is 376 g/mol. The molecule has 0 radical (unpaired) electrons. The molecule has 27 heavy (non-hydrogen) atoms. The average molecular weight is 377 g/mol. The van der Waals surface area contributed by atoms with Crippen LogP contribution in [-0.4, -0.2) is 6.61 Å². The third-order valence-electron chi connectivity index (χ3n) is 7.92. The molecule has 4 rings (SSSR count). The molecule has 3 aliphatic carbocycles. The van der Waals surface area contributed by atoms with Gasteiger partial charge in [0.2, 0.25) is 0 Å². The van der Waals surface area contributed by atoms with E-state index in [2.05, 4.69) is 11.7 Å². The van der Waals surface area contributed by atoms with Crippen molar-refractivity contribution in [3.8, 4) is 5.75 Å². The third kappa shape index (κ3) is 4.32. The summed E-state index contributed by atoms with van der Waals surface area (Å²) in [5.41, 5.74) is 1.31. The maximum Gasteiger partial charge on any atom is 0.387 e. The first kappa shape index (κ1) is 19.2. The number of ether oxygens (including phenoxy) is 1. The van der Waals surface area contributed by atoms with Crippen LogP contribution in [-0.2, 0) is 0 Å². The third-order valence-corrected chi connectivity index (χ3v) is 7.92. The van der Waals surface area contributed by atoms with Gasteiger partial charge in [0.1, 0.15) is 5.75 Å². The largest absolute Gasteiger partial charge is 0.435 e. The summed E-state index contributed by atoms with van der Waals surface area (Å²) in [6.07, 6.45) is 14.0. The molecule has 1 nitrogen and oxygen atoms in total. The van der Waals surface area contributed by atoms with Crippen LogP contribution >= 0.6 is 0 Å². The van der Waals surface area contributed by atoms with Gasteiger partial charge in [-0.1, -0.05) is 38.3 Å². The fourth-order valence-corrected chi connectivity index (χ4v) is 6.79. The second kappa shape index (κ2) is 8.49. The Hall–Kier alpha value is -1.12. The molecule has 0 amide bonds. The van der Waals surface area contributed by atoms with Crippen LogP contribution in [0.2, 0.25) is 0 Å². The molecule has 0 bridgehead atoms. The molecule has 3 saturated carbocycles. The molecule has 150 valence electrons. The molecule has 1 aromatic rings. The van der Waals surface area contributed by atoms with Gasteiger partial charge in [0.05, 0.1) is 0 Å². The Balaban J connectivity index is 1.36. The number of halogens is 2. The van der Waals surface area contributed by atoms with E-state index >= 15 is 0 Å². The predicted octanol–water partition coefficient (Wildman–Crippen LogP) is 7.41. The van der Waals surface area contributed by atoms with Gasteiger partial charge in [-0.2, -0.15) is 8.78 Å². The highest BCUT2D eigenvalue weighted by Crippen LogP contribution is 2.55. The molecule has 0 aromatic heterocycles. The summed E-state index contributed by atoms with van der Waals surface area (Å²) in [5, 5.41) is 0. The van der Waals surface area contributed by atoms with Gasteiger partial charge in [0.25, 0.3) is 0 Å². The number of alkyl halides is 2. The van der Waals surface area contributed by atoms with E-state index in [9.17, 15) is 8.78 Å². The molecule has 6 atom stereocenters. The molecular formula is C24H34F2O. The molecule has 3 aliphatic rings. The van der Waals surface area contributed by atoms with E-state index < -0.39 is 6.61 Å². The first-order chi connectivity index (χ1) is 13.1. The summed E-state index contributed by atoms with van der Waals surface area (Å²) in [6.45, 7) is -0.412. The van der Waals surface area contributed by atoms with Crippen LogP contribution in [0.3, 0.4) is 0 Å². The SMILES string of the molecule is CCCC1CCC2C(CCC3CC(c4ccc(OC(F)F)cc4)CCC32)C1. The van der Waals surface area contributed by atoms with Crippen LogP contribution in [0.25, 0.3) is 0 Å². The van der Waals surface area contributed by atoms with Crippen LogP contribution < -0.4 is 4.74 Å². The highest BCUT2D eigenvalue weighted by Gasteiger charge is 2.44. The van der Waals surface area contributed by atoms with E-state index in [0.29, 0.717) is 5.92 Å². The second-order valence-corrected chi connectivity index (χ2v) is 9.35. The fourth-order valence-electron chi connectivity index (χ4n) is 6.79. The summed E-state index contributed by atoms with van der Waals surface area (Å²) in [7, 11) is 0. The lowest BCUT2D eigenvalue weighted by molar-refractivity contribution is -0.0498. The molecule has 1 aromatic carbocycles. The van der Waals surface area contributed by atoms with Crippen molar-refractivity contribution in [1.82, 2.24) is 0 Å². The van der Waals surface area contributed by atoms with Crippen molar-refractivity contribution in [3.63, 3.8) is 0 Å². The minimum Gasteiger partial charge on any atom is -0.435 e. The van der Waals surface area contributed by atoms with Gasteiger partial charge in [-0.3, -0.25) is 0 Å². The Morgan fingerprint density at radius 2 is 1.56 bits per heavy atom.